The van der Waals surface area contributed by atoms with Crippen LogP contribution in [0.3, 0.4) is 0 Å². The molecule has 6 rings (SSSR count). The van der Waals surface area contributed by atoms with Gasteiger partial charge in [-0.25, -0.2) is 8.78 Å². The fourth-order valence-corrected chi connectivity index (χ4v) is 3.81. The van der Waals surface area contributed by atoms with Gasteiger partial charge in [-0.2, -0.15) is 26.3 Å². The van der Waals surface area contributed by atoms with E-state index in [4.69, 9.17) is 0 Å². The first-order valence-corrected chi connectivity index (χ1v) is 14.0. The second kappa shape index (κ2) is 17.0. The van der Waals surface area contributed by atoms with Gasteiger partial charge in [-0.15, -0.1) is 11.5 Å². The number of aromatic nitrogens is 4. The van der Waals surface area contributed by atoms with Gasteiger partial charge in [0, 0.05) is 68.2 Å². The number of hydrogen-bond acceptors (Lipinski definition) is 4. The van der Waals surface area contributed by atoms with E-state index >= 15 is 0 Å². The Kier molecular flexibility index (Phi) is 13.4. The molecule has 4 heterocycles. The molecule has 49 heavy (non-hydrogen) atoms. The molecule has 0 unspecified atom stereocenters. The molecule has 0 aliphatic heterocycles. The molecule has 0 atom stereocenters. The number of aryl methyl sites for hydroxylation is 2. The monoisotopic (exact) mass is 857 g/mol. The summed E-state index contributed by atoms with van der Waals surface area (Å²) in [6.07, 6.45) is 4.00. The van der Waals surface area contributed by atoms with Crippen molar-refractivity contribution in [3.05, 3.63) is 167 Å². The first-order valence-electron chi connectivity index (χ1n) is 14.0. The molecule has 13 heteroatoms. The molecular weight excluding hydrogens is 833 g/mol. The smallest absolute Gasteiger partial charge is 0.255 e. The summed E-state index contributed by atoms with van der Waals surface area (Å²) in [5, 5.41) is 0. The number of halogens is 8. The van der Waals surface area contributed by atoms with Crippen molar-refractivity contribution in [3.8, 4) is 11.4 Å². The van der Waals surface area contributed by atoms with E-state index in [2.05, 4.69) is 31.4 Å². The van der Waals surface area contributed by atoms with Crippen LogP contribution in [0.2, 0.25) is 0 Å². The second-order valence-corrected chi connectivity index (χ2v) is 10.1. The van der Waals surface area contributed by atoms with Crippen molar-refractivity contribution in [1.82, 2.24) is 19.9 Å². The van der Waals surface area contributed by atoms with E-state index in [9.17, 15) is 35.1 Å². The van der Waals surface area contributed by atoms with Gasteiger partial charge in [-0.3, -0.25) is 19.9 Å². The predicted octanol–water partition coefficient (Wildman–Crippen LogP) is 10.2. The van der Waals surface area contributed by atoms with Gasteiger partial charge in [0.1, 0.15) is 0 Å². The summed E-state index contributed by atoms with van der Waals surface area (Å²) in [4.78, 5) is 15.5. The number of nitrogens with zero attached hydrogens (tertiary/aromatic N) is 4. The van der Waals surface area contributed by atoms with Gasteiger partial charge in [0.05, 0.1) is 33.9 Å². The molecule has 2 aliphatic rings. The van der Waals surface area contributed by atoms with Gasteiger partial charge in [0.2, 0.25) is 0 Å². The quantitative estimate of drug-likeness (QED) is 0.152. The number of pyridine rings is 4. The van der Waals surface area contributed by atoms with Crippen LogP contribution in [0.25, 0.3) is 22.5 Å². The summed E-state index contributed by atoms with van der Waals surface area (Å²) in [5.41, 5.74) is 9.39. The molecule has 4 aromatic heterocycles. The van der Waals surface area contributed by atoms with E-state index in [1.165, 1.54) is 24.3 Å². The van der Waals surface area contributed by atoms with Crippen LogP contribution >= 0.6 is 0 Å². The van der Waals surface area contributed by atoms with Crippen LogP contribution in [-0.4, -0.2) is 19.9 Å². The van der Waals surface area contributed by atoms with Gasteiger partial charge in [0.25, 0.3) is 0 Å². The zero-order chi connectivity index (χ0) is 34.9. The van der Waals surface area contributed by atoms with Crippen molar-refractivity contribution in [2.45, 2.75) is 26.2 Å². The number of alkyl halides is 6. The summed E-state index contributed by atoms with van der Waals surface area (Å²) in [5.74, 6) is 0. The zero-order valence-corrected chi connectivity index (χ0v) is 27.9. The SMILES string of the molecule is Cc1ccc(C2=C=C[C](F)C=C2)nc1.Cc1ccc(C2=C=C[C](F)C=C2)nc1.FC(F)(F)c1ccc(-c2ccc(C(F)(F)F)cn2)nc1.[Ir]. The van der Waals surface area contributed by atoms with Crippen LogP contribution < -0.4 is 0 Å². The standard InChI is InChI=1S/C12H6F6N2.2C12H9FN.Ir/c13-11(14,15)7-1-3-9(19-5-7)10-4-2-8(6-20-10)12(16,17)18;2*1-9-2-7-12(14-8-9)10-3-5-11(13)6-4-10;/h1-6H;2*2-3,5-8H,1H3;. The molecule has 0 aromatic carbocycles. The summed E-state index contributed by atoms with van der Waals surface area (Å²) in [6.45, 7) is 3.95. The normalized spacial score (nSPS) is 14.1. The average Bonchev–Trinajstić information content (AvgIpc) is 3.06. The van der Waals surface area contributed by atoms with Crippen LogP contribution in [0.5, 0.6) is 0 Å². The maximum absolute atomic E-state index is 12.6. The number of rotatable bonds is 3. The van der Waals surface area contributed by atoms with Crippen LogP contribution in [-0.2, 0) is 32.5 Å². The third kappa shape index (κ3) is 11.7. The van der Waals surface area contributed by atoms with E-state index in [0.29, 0.717) is 12.4 Å². The van der Waals surface area contributed by atoms with Crippen LogP contribution in [0.1, 0.15) is 33.6 Å². The summed E-state index contributed by atoms with van der Waals surface area (Å²) >= 11 is 0. The molecule has 0 amide bonds. The van der Waals surface area contributed by atoms with Crippen molar-refractivity contribution in [1.29, 1.82) is 0 Å². The molecule has 0 spiro atoms. The van der Waals surface area contributed by atoms with Gasteiger partial charge in [0.15, 0.2) is 12.3 Å². The molecule has 0 saturated heterocycles. The topological polar surface area (TPSA) is 51.6 Å². The molecule has 0 saturated carbocycles. The van der Waals surface area contributed by atoms with Crippen LogP contribution in [0.15, 0.2) is 121 Å². The van der Waals surface area contributed by atoms with E-state index in [1.807, 2.05) is 38.1 Å². The number of hydrogen-bond donors (Lipinski definition) is 0. The minimum absolute atomic E-state index is 0. The van der Waals surface area contributed by atoms with E-state index in [0.717, 1.165) is 57.9 Å². The van der Waals surface area contributed by atoms with Crippen molar-refractivity contribution in [2.24, 2.45) is 0 Å². The van der Waals surface area contributed by atoms with Crippen LogP contribution in [0, 0.1) is 26.2 Å². The zero-order valence-electron chi connectivity index (χ0n) is 25.5. The number of allylic oxidation sites excluding steroid dienone is 6. The summed E-state index contributed by atoms with van der Waals surface area (Å²) in [6, 6.07) is 11.4. The Bertz CT molecular complexity index is 1740. The molecular formula is C36H24F8IrN4. The maximum atomic E-state index is 12.6. The van der Waals surface area contributed by atoms with Crippen molar-refractivity contribution < 1.29 is 55.2 Å². The van der Waals surface area contributed by atoms with Crippen molar-refractivity contribution in [2.75, 3.05) is 0 Å². The fourth-order valence-electron chi connectivity index (χ4n) is 3.81. The molecule has 253 valence electrons. The van der Waals surface area contributed by atoms with Gasteiger partial charge in [-0.1, -0.05) is 12.1 Å². The third-order valence-electron chi connectivity index (χ3n) is 6.37. The van der Waals surface area contributed by atoms with Crippen molar-refractivity contribution in [3.63, 3.8) is 0 Å². The minimum atomic E-state index is -4.51. The van der Waals surface area contributed by atoms with E-state index < -0.39 is 23.5 Å². The summed E-state index contributed by atoms with van der Waals surface area (Å²) in [7, 11) is 0. The Hall–Kier alpha value is -4.79. The van der Waals surface area contributed by atoms with Crippen molar-refractivity contribution >= 4 is 11.1 Å². The average molecular weight is 857 g/mol. The molecule has 0 fully saturated rings. The predicted molar refractivity (Wildman–Crippen MR) is 165 cm³/mol. The van der Waals surface area contributed by atoms with E-state index in [-0.39, 0.29) is 43.8 Å². The minimum Gasteiger partial charge on any atom is -0.255 e. The molecule has 0 bridgehead atoms. The first kappa shape index (κ1) is 38.7. The molecule has 3 radical (unpaired) electrons. The molecule has 2 aliphatic carbocycles. The second-order valence-electron chi connectivity index (χ2n) is 10.1. The summed E-state index contributed by atoms with van der Waals surface area (Å²) < 4.78 is 99.2. The van der Waals surface area contributed by atoms with Gasteiger partial charge >= 0.3 is 12.4 Å². The molecule has 0 N–H and O–H groups in total. The fraction of sp³-hybridized carbons (Fsp3) is 0.111. The maximum Gasteiger partial charge on any atom is 0.417 e. The largest absolute Gasteiger partial charge is 0.417 e. The Morgan fingerprint density at radius 1 is 0.469 bits per heavy atom. The molecule has 4 nitrogen and oxygen atoms in total. The molecule has 4 aromatic rings. The van der Waals surface area contributed by atoms with Gasteiger partial charge < -0.3 is 0 Å². The third-order valence-corrected chi connectivity index (χ3v) is 6.37. The Morgan fingerprint density at radius 3 is 1.06 bits per heavy atom. The first-order chi connectivity index (χ1) is 22.7. The Balaban J connectivity index is 0.000000202. The van der Waals surface area contributed by atoms with Crippen LogP contribution in [0.4, 0.5) is 35.1 Å². The Morgan fingerprint density at radius 2 is 0.816 bits per heavy atom. The van der Waals surface area contributed by atoms with Gasteiger partial charge in [-0.05, 0) is 85.7 Å². The van der Waals surface area contributed by atoms with E-state index in [1.54, 1.807) is 24.5 Å². The Labute approximate surface area is 290 Å².